The summed E-state index contributed by atoms with van der Waals surface area (Å²) in [7, 11) is 0. The summed E-state index contributed by atoms with van der Waals surface area (Å²) in [5.74, 6) is -2.81. The van der Waals surface area contributed by atoms with Crippen molar-refractivity contribution >= 4 is 46.0 Å². The zero-order chi connectivity index (χ0) is 30.3. The van der Waals surface area contributed by atoms with E-state index in [1.807, 2.05) is 0 Å². The first-order valence-corrected chi connectivity index (χ1v) is 11.9. The molecule has 0 amide bonds. The molecule has 5 rings (SSSR count). The Kier molecular flexibility index (Phi) is 7.07. The molecule has 0 fully saturated rings. The fourth-order valence-corrected chi connectivity index (χ4v) is 4.03. The van der Waals surface area contributed by atoms with E-state index in [1.54, 1.807) is 0 Å². The molecule has 0 saturated carbocycles. The van der Waals surface area contributed by atoms with Crippen molar-refractivity contribution in [3.63, 3.8) is 0 Å². The van der Waals surface area contributed by atoms with Crippen LogP contribution in [0, 0.1) is 40.5 Å². The number of benzene rings is 4. The Labute approximate surface area is 241 Å². The van der Waals surface area contributed by atoms with E-state index in [4.69, 9.17) is 42.1 Å². The molecule has 1 heterocycles. The average Bonchev–Trinajstić information content (AvgIpc) is 2.91. The number of ether oxygens (including phenoxy) is 4. The molecular formula is C24H10Cl2N4O12. The summed E-state index contributed by atoms with van der Waals surface area (Å²) >= 11 is 12.4. The molecule has 0 N–H and O–H groups in total. The Hall–Kier alpha value is -5.74. The number of fused-ring (bicyclic) bond motifs is 8. The molecule has 0 unspecified atom stereocenters. The summed E-state index contributed by atoms with van der Waals surface area (Å²) in [5, 5.41) is 46.9. The standard InChI is InChI=1S/C24H10Cl2N4O12/c25-13-3-1-11-5-19(13)41-23-10-24(18(30(37)38)8-17(23)29(35)36)42-20-6-12(2-4-14(20)26)40-22-9-21(39-11)15(27(31)32)7-16(22)28(33)34/h1-10H. The SMILES string of the molecule is O=[N+]([O-])c1cc([N+](=O)[O-])c2cc1Oc1ccc(Cl)c(c1)Oc1cc(c([N+](=O)[O-])cc1[N+](=O)[O-])Oc1cc(ccc1Cl)O2. The Bertz CT molecular complexity index is 1730. The van der Waals surface area contributed by atoms with Crippen molar-refractivity contribution in [2.45, 2.75) is 0 Å². The number of nitro groups is 4. The minimum absolute atomic E-state index is 0.100. The van der Waals surface area contributed by atoms with Gasteiger partial charge in [-0.3, -0.25) is 40.5 Å². The number of halogens is 2. The van der Waals surface area contributed by atoms with E-state index in [1.165, 1.54) is 24.3 Å². The molecule has 1 aliphatic heterocycles. The van der Waals surface area contributed by atoms with Crippen molar-refractivity contribution < 1.29 is 38.6 Å². The Balaban J connectivity index is 1.80. The van der Waals surface area contributed by atoms with Gasteiger partial charge in [0.05, 0.1) is 29.7 Å². The normalized spacial score (nSPS) is 11.7. The topological polar surface area (TPSA) is 209 Å². The molecule has 4 aromatic rings. The summed E-state index contributed by atoms with van der Waals surface area (Å²) in [6, 6.07) is 10.3. The number of hydrogen-bond acceptors (Lipinski definition) is 12. The lowest BCUT2D eigenvalue weighted by atomic mass is 10.2. The predicted molar refractivity (Wildman–Crippen MR) is 143 cm³/mol. The van der Waals surface area contributed by atoms with Crippen molar-refractivity contribution in [1.29, 1.82) is 0 Å². The molecule has 16 nitrogen and oxygen atoms in total. The average molecular weight is 617 g/mol. The maximum Gasteiger partial charge on any atom is 0.318 e. The second-order valence-corrected chi connectivity index (χ2v) is 9.01. The van der Waals surface area contributed by atoms with Gasteiger partial charge in [-0.2, -0.15) is 0 Å². The van der Waals surface area contributed by atoms with Crippen LogP contribution in [0.25, 0.3) is 0 Å². The van der Waals surface area contributed by atoms with Crippen LogP contribution in [0.3, 0.4) is 0 Å². The Morgan fingerprint density at radius 1 is 0.429 bits per heavy atom. The minimum Gasteiger partial charge on any atom is -0.450 e. The Morgan fingerprint density at radius 3 is 1.05 bits per heavy atom. The van der Waals surface area contributed by atoms with Gasteiger partial charge in [0.15, 0.2) is 0 Å². The molecule has 1 aliphatic rings. The van der Waals surface area contributed by atoms with Gasteiger partial charge in [-0.1, -0.05) is 23.2 Å². The van der Waals surface area contributed by atoms with E-state index < -0.39 is 65.4 Å². The molecule has 18 heteroatoms. The fourth-order valence-electron chi connectivity index (χ4n) is 3.72. The van der Waals surface area contributed by atoms with Gasteiger partial charge in [-0.25, -0.2) is 0 Å². The van der Waals surface area contributed by atoms with E-state index >= 15 is 0 Å². The summed E-state index contributed by atoms with van der Waals surface area (Å²) < 4.78 is 22.6. The molecule has 0 spiro atoms. The van der Waals surface area contributed by atoms with Gasteiger partial charge in [0.1, 0.15) is 35.1 Å². The van der Waals surface area contributed by atoms with E-state index in [2.05, 4.69) is 0 Å². The van der Waals surface area contributed by atoms with Crippen LogP contribution in [-0.2, 0) is 0 Å². The summed E-state index contributed by atoms with van der Waals surface area (Å²) in [6.45, 7) is 0. The lowest BCUT2D eigenvalue weighted by Crippen LogP contribution is -2.01. The first-order valence-electron chi connectivity index (χ1n) is 11.2. The van der Waals surface area contributed by atoms with E-state index in [9.17, 15) is 40.5 Å². The van der Waals surface area contributed by atoms with E-state index in [-0.39, 0.29) is 33.0 Å². The van der Waals surface area contributed by atoms with Crippen molar-refractivity contribution in [3.05, 3.63) is 111 Å². The molecular weight excluding hydrogens is 607 g/mol. The van der Waals surface area contributed by atoms with E-state index in [0.717, 1.165) is 24.3 Å². The molecule has 0 aromatic heterocycles. The highest BCUT2D eigenvalue weighted by molar-refractivity contribution is 6.32. The van der Waals surface area contributed by atoms with Crippen LogP contribution in [0.1, 0.15) is 0 Å². The highest BCUT2D eigenvalue weighted by Gasteiger charge is 2.31. The largest absolute Gasteiger partial charge is 0.450 e. The summed E-state index contributed by atoms with van der Waals surface area (Å²) in [6.07, 6.45) is 0. The predicted octanol–water partition coefficient (Wildman–Crippen LogP) is 8.11. The monoisotopic (exact) mass is 616 g/mol. The fraction of sp³-hybridized carbons (Fsp3) is 0. The van der Waals surface area contributed by atoms with Gasteiger partial charge < -0.3 is 18.9 Å². The molecule has 0 aliphatic carbocycles. The van der Waals surface area contributed by atoms with Gasteiger partial charge in [0.2, 0.25) is 23.0 Å². The lowest BCUT2D eigenvalue weighted by molar-refractivity contribution is -0.395. The molecule has 8 bridgehead atoms. The van der Waals surface area contributed by atoms with Gasteiger partial charge in [0.25, 0.3) is 0 Å². The second-order valence-electron chi connectivity index (χ2n) is 8.20. The van der Waals surface area contributed by atoms with Crippen LogP contribution >= 0.6 is 23.2 Å². The third kappa shape index (κ3) is 5.34. The maximum atomic E-state index is 11.8. The zero-order valence-corrected chi connectivity index (χ0v) is 21.7. The molecule has 0 atom stereocenters. The van der Waals surface area contributed by atoms with Crippen molar-refractivity contribution in [2.24, 2.45) is 0 Å². The molecule has 42 heavy (non-hydrogen) atoms. The van der Waals surface area contributed by atoms with Crippen LogP contribution < -0.4 is 18.9 Å². The Morgan fingerprint density at radius 2 is 0.738 bits per heavy atom. The van der Waals surface area contributed by atoms with Crippen LogP contribution in [0.4, 0.5) is 22.7 Å². The molecule has 0 saturated heterocycles. The van der Waals surface area contributed by atoms with Crippen molar-refractivity contribution in [3.8, 4) is 46.0 Å². The van der Waals surface area contributed by atoms with Crippen molar-refractivity contribution in [2.75, 3.05) is 0 Å². The smallest absolute Gasteiger partial charge is 0.318 e. The van der Waals surface area contributed by atoms with Gasteiger partial charge in [-0.15, -0.1) is 0 Å². The second kappa shape index (κ2) is 10.7. The van der Waals surface area contributed by atoms with Crippen LogP contribution in [0.5, 0.6) is 46.0 Å². The van der Waals surface area contributed by atoms with Gasteiger partial charge in [-0.05, 0) is 24.3 Å². The third-order valence-electron chi connectivity index (χ3n) is 5.57. The summed E-state index contributed by atoms with van der Waals surface area (Å²) in [5.41, 5.74) is -3.22. The quantitative estimate of drug-likeness (QED) is 0.138. The first kappa shape index (κ1) is 27.8. The minimum atomic E-state index is -0.929. The molecule has 0 radical (unpaired) electrons. The number of nitro benzene ring substituents is 4. The number of hydrogen-bond donors (Lipinski definition) is 0. The van der Waals surface area contributed by atoms with E-state index in [0.29, 0.717) is 12.1 Å². The van der Waals surface area contributed by atoms with Crippen molar-refractivity contribution in [1.82, 2.24) is 0 Å². The first-order chi connectivity index (χ1) is 19.9. The highest BCUT2D eigenvalue weighted by atomic mass is 35.5. The maximum absolute atomic E-state index is 11.8. The molecule has 4 aromatic carbocycles. The van der Waals surface area contributed by atoms with Crippen LogP contribution in [0.15, 0.2) is 60.7 Å². The van der Waals surface area contributed by atoms with Crippen LogP contribution in [-0.4, -0.2) is 19.7 Å². The number of nitrogens with zero attached hydrogens (tertiary/aromatic N) is 4. The van der Waals surface area contributed by atoms with Gasteiger partial charge in [0, 0.05) is 24.3 Å². The summed E-state index contributed by atoms with van der Waals surface area (Å²) in [4.78, 5) is 43.4. The third-order valence-corrected chi connectivity index (χ3v) is 6.19. The number of rotatable bonds is 4. The zero-order valence-electron chi connectivity index (χ0n) is 20.2. The van der Waals surface area contributed by atoms with Gasteiger partial charge >= 0.3 is 22.7 Å². The highest BCUT2D eigenvalue weighted by Crippen LogP contribution is 2.48. The molecule has 212 valence electrons. The van der Waals surface area contributed by atoms with Crippen LogP contribution in [0.2, 0.25) is 10.0 Å². The lowest BCUT2D eigenvalue weighted by Gasteiger charge is -2.15.